The third kappa shape index (κ3) is 5.09. The van der Waals surface area contributed by atoms with Crippen molar-refractivity contribution in [1.82, 2.24) is 5.43 Å². The number of carboxylic acids is 1. The molecule has 0 heterocycles. The fourth-order valence-corrected chi connectivity index (χ4v) is 1.47. The third-order valence-corrected chi connectivity index (χ3v) is 2.41. The molecule has 0 radical (unpaired) electrons. The molecule has 1 aromatic carbocycles. The molecule has 0 aliphatic rings. The van der Waals surface area contributed by atoms with E-state index >= 15 is 0 Å². The lowest BCUT2D eigenvalue weighted by atomic mass is 10.1. The van der Waals surface area contributed by atoms with Crippen LogP contribution in [-0.4, -0.2) is 30.7 Å². The molecule has 1 aromatic rings. The second-order valence-corrected chi connectivity index (χ2v) is 3.78. The van der Waals surface area contributed by atoms with Gasteiger partial charge in [-0.25, -0.2) is 9.59 Å². The van der Waals surface area contributed by atoms with E-state index in [2.05, 4.69) is 5.43 Å². The molecule has 7 heteroatoms. The number of hydrogen-bond acceptors (Lipinski definition) is 6. The Morgan fingerprint density at radius 1 is 1.35 bits per heavy atom. The van der Waals surface area contributed by atoms with Gasteiger partial charge in [-0.2, -0.15) is 0 Å². The van der Waals surface area contributed by atoms with Crippen LogP contribution in [0.4, 0.5) is 0 Å². The molecule has 0 aliphatic heterocycles. The second kappa shape index (κ2) is 7.93. The predicted octanol–water partition coefficient (Wildman–Crippen LogP) is 0.384. The molecular weight excluding hydrogens is 264 g/mol. The van der Waals surface area contributed by atoms with Crippen LogP contribution in [-0.2, 0) is 14.3 Å². The molecular formula is C13H16N2O5. The average Bonchev–Trinajstić information content (AvgIpc) is 2.45. The maximum atomic E-state index is 11.5. The van der Waals surface area contributed by atoms with Crippen molar-refractivity contribution in [2.24, 2.45) is 5.84 Å². The van der Waals surface area contributed by atoms with Crippen LogP contribution in [0.25, 0.3) is 0 Å². The minimum absolute atomic E-state index is 0.193. The smallest absolute Gasteiger partial charge is 0.331 e. The van der Waals surface area contributed by atoms with Gasteiger partial charge in [0.1, 0.15) is 11.9 Å². The molecule has 0 fully saturated rings. The lowest BCUT2D eigenvalue weighted by Gasteiger charge is -2.17. The Hall–Kier alpha value is -2.38. The number of nitrogens with one attached hydrogen (secondary N) is 1. The van der Waals surface area contributed by atoms with E-state index in [1.807, 2.05) is 0 Å². The fourth-order valence-electron chi connectivity index (χ4n) is 1.47. The zero-order valence-corrected chi connectivity index (χ0v) is 10.9. The molecule has 0 saturated heterocycles. The van der Waals surface area contributed by atoms with E-state index in [0.717, 1.165) is 6.08 Å². The summed E-state index contributed by atoms with van der Waals surface area (Å²) >= 11 is 0. The van der Waals surface area contributed by atoms with Gasteiger partial charge in [-0.1, -0.05) is 12.1 Å². The van der Waals surface area contributed by atoms with Gasteiger partial charge in [-0.15, -0.1) is 0 Å². The van der Waals surface area contributed by atoms with Gasteiger partial charge in [-0.3, -0.25) is 11.3 Å². The number of hydrogen-bond donors (Lipinski definition) is 3. The van der Waals surface area contributed by atoms with E-state index in [9.17, 15) is 9.59 Å². The van der Waals surface area contributed by atoms with Gasteiger partial charge in [-0.05, 0) is 17.7 Å². The molecule has 1 rings (SSSR count). The average molecular weight is 280 g/mol. The van der Waals surface area contributed by atoms with E-state index < -0.39 is 18.0 Å². The number of esters is 1. The van der Waals surface area contributed by atoms with Crippen molar-refractivity contribution < 1.29 is 24.2 Å². The van der Waals surface area contributed by atoms with Crippen LogP contribution in [0.1, 0.15) is 11.7 Å². The number of ether oxygens (including phenoxy) is 2. The van der Waals surface area contributed by atoms with Gasteiger partial charge in [0.15, 0.2) is 0 Å². The number of carbonyl (C=O) groups excluding carboxylic acids is 1. The molecule has 0 saturated carbocycles. The van der Waals surface area contributed by atoms with Crippen LogP contribution >= 0.6 is 0 Å². The van der Waals surface area contributed by atoms with Gasteiger partial charge in [0.05, 0.1) is 13.7 Å². The topological polar surface area (TPSA) is 111 Å². The Morgan fingerprint density at radius 2 is 2.00 bits per heavy atom. The van der Waals surface area contributed by atoms with E-state index in [-0.39, 0.29) is 6.54 Å². The van der Waals surface area contributed by atoms with Crippen molar-refractivity contribution in [3.05, 3.63) is 42.0 Å². The molecule has 108 valence electrons. The first-order valence-corrected chi connectivity index (χ1v) is 5.76. The zero-order chi connectivity index (χ0) is 15.0. The Balaban J connectivity index is 2.77. The number of nitrogens with two attached hydrogens (primary N) is 1. The van der Waals surface area contributed by atoms with Crippen molar-refractivity contribution in [3.63, 3.8) is 0 Å². The monoisotopic (exact) mass is 280 g/mol. The maximum absolute atomic E-state index is 11.5. The highest BCUT2D eigenvalue weighted by molar-refractivity contribution is 5.90. The van der Waals surface area contributed by atoms with E-state index in [0.29, 0.717) is 17.4 Å². The summed E-state index contributed by atoms with van der Waals surface area (Å²) in [4.78, 5) is 21.8. The van der Waals surface area contributed by atoms with E-state index in [1.165, 1.54) is 0 Å². The number of aliphatic carboxylic acids is 1. The summed E-state index contributed by atoms with van der Waals surface area (Å²) in [5.74, 6) is 3.93. The first kappa shape index (κ1) is 15.7. The molecule has 7 nitrogen and oxygen atoms in total. The van der Waals surface area contributed by atoms with Crippen LogP contribution in [0.2, 0.25) is 0 Å². The SMILES string of the molecule is COc1ccc(C(CNN)OC(=O)/C=C\C(=O)O)cc1. The minimum atomic E-state index is -1.22. The van der Waals surface area contributed by atoms with Crippen molar-refractivity contribution in [2.45, 2.75) is 6.10 Å². The van der Waals surface area contributed by atoms with Crippen molar-refractivity contribution >= 4 is 11.9 Å². The third-order valence-electron chi connectivity index (χ3n) is 2.41. The summed E-state index contributed by atoms with van der Waals surface area (Å²) in [6, 6.07) is 6.91. The summed E-state index contributed by atoms with van der Waals surface area (Å²) in [6.45, 7) is 0.193. The quantitative estimate of drug-likeness (QED) is 0.286. The largest absolute Gasteiger partial charge is 0.497 e. The highest BCUT2D eigenvalue weighted by Gasteiger charge is 2.15. The molecule has 0 spiro atoms. The summed E-state index contributed by atoms with van der Waals surface area (Å²) in [6.07, 6.45) is 0.926. The number of benzene rings is 1. The number of carbonyl (C=O) groups is 2. The van der Waals surface area contributed by atoms with Crippen LogP contribution < -0.4 is 16.0 Å². The molecule has 0 aliphatic carbocycles. The standard InChI is InChI=1S/C13H16N2O5/c1-19-10-4-2-9(3-5-10)11(8-15-14)20-13(18)7-6-12(16)17/h2-7,11,15H,8,14H2,1H3,(H,16,17)/b7-6-. The highest BCUT2D eigenvalue weighted by atomic mass is 16.5. The van der Waals surface area contributed by atoms with Crippen molar-refractivity contribution in [2.75, 3.05) is 13.7 Å². The number of carboxylic acid groups (broad SMARTS) is 1. The summed E-state index contributed by atoms with van der Waals surface area (Å²) in [5.41, 5.74) is 3.13. The van der Waals surface area contributed by atoms with Gasteiger partial charge in [0.25, 0.3) is 0 Å². The van der Waals surface area contributed by atoms with Crippen LogP contribution in [0, 0.1) is 0 Å². The molecule has 4 N–H and O–H groups in total. The Morgan fingerprint density at radius 3 is 2.50 bits per heavy atom. The maximum Gasteiger partial charge on any atom is 0.331 e. The molecule has 1 unspecified atom stereocenters. The highest BCUT2D eigenvalue weighted by Crippen LogP contribution is 2.20. The van der Waals surface area contributed by atoms with Crippen LogP contribution in [0.5, 0.6) is 5.75 Å². The summed E-state index contributed by atoms with van der Waals surface area (Å²) in [7, 11) is 1.55. The zero-order valence-electron chi connectivity index (χ0n) is 10.9. The van der Waals surface area contributed by atoms with E-state index in [1.54, 1.807) is 31.4 Å². The first-order chi connectivity index (χ1) is 9.56. The molecule has 0 amide bonds. The fraction of sp³-hybridized carbons (Fsp3) is 0.231. The van der Waals surface area contributed by atoms with E-state index in [4.69, 9.17) is 20.4 Å². The van der Waals surface area contributed by atoms with Gasteiger partial charge < -0.3 is 14.6 Å². The predicted molar refractivity (Wildman–Crippen MR) is 70.8 cm³/mol. The Bertz CT molecular complexity index is 484. The first-order valence-electron chi connectivity index (χ1n) is 5.76. The molecule has 1 atom stereocenters. The normalized spacial score (nSPS) is 12.1. The van der Waals surface area contributed by atoms with Crippen molar-refractivity contribution in [1.29, 1.82) is 0 Å². The number of methoxy groups -OCH3 is 1. The van der Waals surface area contributed by atoms with Crippen LogP contribution in [0.15, 0.2) is 36.4 Å². The molecule has 0 bridgehead atoms. The lowest BCUT2D eigenvalue weighted by molar-refractivity contribution is -0.143. The number of rotatable bonds is 7. The van der Waals surface area contributed by atoms with Crippen molar-refractivity contribution in [3.8, 4) is 5.75 Å². The van der Waals surface area contributed by atoms with Gasteiger partial charge in [0, 0.05) is 12.2 Å². The second-order valence-electron chi connectivity index (χ2n) is 3.78. The minimum Gasteiger partial charge on any atom is -0.497 e. The van der Waals surface area contributed by atoms with Gasteiger partial charge in [0.2, 0.25) is 0 Å². The molecule has 20 heavy (non-hydrogen) atoms. The molecule has 0 aromatic heterocycles. The summed E-state index contributed by atoms with van der Waals surface area (Å²) < 4.78 is 10.2. The lowest BCUT2D eigenvalue weighted by Crippen LogP contribution is -2.30. The number of hydrazine groups is 1. The summed E-state index contributed by atoms with van der Waals surface area (Å²) in [5, 5.41) is 8.43. The van der Waals surface area contributed by atoms with Crippen LogP contribution in [0.3, 0.4) is 0 Å². The Kier molecular flexibility index (Phi) is 6.21. The Labute approximate surface area is 116 Å². The van der Waals surface area contributed by atoms with Gasteiger partial charge >= 0.3 is 11.9 Å².